The molecule has 0 aliphatic heterocycles. The van der Waals surface area contributed by atoms with Crippen molar-refractivity contribution >= 4 is 34.2 Å². The van der Waals surface area contributed by atoms with Crippen LogP contribution in [0.25, 0.3) is 11.0 Å². The molecule has 0 bridgehead atoms. The first-order chi connectivity index (χ1) is 9.11. The Kier molecular flexibility index (Phi) is 3.48. The number of alkyl halides is 1. The van der Waals surface area contributed by atoms with Crippen LogP contribution in [-0.4, -0.2) is 15.4 Å². The Labute approximate surface area is 123 Å². The molecule has 0 unspecified atom stereocenters. The molecule has 1 saturated carbocycles. The molecule has 1 heterocycles. The topological polar surface area (TPSA) is 17.8 Å². The predicted molar refractivity (Wildman–Crippen MR) is 81.1 cm³/mol. The van der Waals surface area contributed by atoms with Gasteiger partial charge in [0.2, 0.25) is 0 Å². The van der Waals surface area contributed by atoms with E-state index in [2.05, 4.69) is 17.6 Å². The van der Waals surface area contributed by atoms with E-state index in [-0.39, 0.29) is 0 Å². The number of hydrogen-bond acceptors (Lipinski definition) is 1. The van der Waals surface area contributed by atoms with Gasteiger partial charge in [-0.3, -0.25) is 0 Å². The fraction of sp³-hybridized carbons (Fsp3) is 0.533. The maximum Gasteiger partial charge on any atom is 0.111 e. The van der Waals surface area contributed by atoms with Crippen LogP contribution in [0.2, 0.25) is 5.02 Å². The molecule has 0 spiro atoms. The minimum Gasteiger partial charge on any atom is -0.327 e. The van der Waals surface area contributed by atoms with Crippen molar-refractivity contribution in [3.63, 3.8) is 0 Å². The quantitative estimate of drug-likeness (QED) is 0.750. The molecule has 0 radical (unpaired) electrons. The zero-order chi connectivity index (χ0) is 13.5. The summed E-state index contributed by atoms with van der Waals surface area (Å²) >= 11 is 12.0. The fourth-order valence-electron chi connectivity index (χ4n) is 2.92. The van der Waals surface area contributed by atoms with E-state index in [1.807, 2.05) is 12.1 Å². The Bertz CT molecular complexity index is 599. The van der Waals surface area contributed by atoms with Gasteiger partial charge in [0.15, 0.2) is 0 Å². The van der Waals surface area contributed by atoms with Gasteiger partial charge in [0.1, 0.15) is 5.82 Å². The largest absolute Gasteiger partial charge is 0.327 e. The van der Waals surface area contributed by atoms with Crippen molar-refractivity contribution in [3.05, 3.63) is 29.0 Å². The number of hydrogen-bond donors (Lipinski definition) is 0. The van der Waals surface area contributed by atoms with Crippen molar-refractivity contribution in [1.82, 2.24) is 9.55 Å². The molecular formula is C15H18Cl2N2. The van der Waals surface area contributed by atoms with E-state index in [0.717, 1.165) is 29.3 Å². The molecule has 1 aliphatic carbocycles. The average molecular weight is 297 g/mol. The Balaban J connectivity index is 2.05. The third-order valence-electron chi connectivity index (χ3n) is 4.21. The predicted octanol–water partition coefficient (Wildman–Crippen LogP) is 4.66. The van der Waals surface area contributed by atoms with E-state index in [4.69, 9.17) is 28.2 Å². The van der Waals surface area contributed by atoms with Crippen LogP contribution in [-0.2, 0) is 13.0 Å². The van der Waals surface area contributed by atoms with Gasteiger partial charge >= 0.3 is 0 Å². The number of benzene rings is 1. The van der Waals surface area contributed by atoms with Gasteiger partial charge in [0.25, 0.3) is 0 Å². The minimum absolute atomic E-state index is 0.425. The number of aromatic nitrogens is 2. The van der Waals surface area contributed by atoms with Gasteiger partial charge in [-0.15, -0.1) is 11.6 Å². The zero-order valence-electron chi connectivity index (χ0n) is 11.1. The van der Waals surface area contributed by atoms with Crippen LogP contribution >= 0.6 is 23.2 Å². The lowest BCUT2D eigenvalue weighted by Crippen LogP contribution is -2.31. The first-order valence-corrected chi connectivity index (χ1v) is 7.73. The summed E-state index contributed by atoms with van der Waals surface area (Å²) in [6, 6.07) is 5.95. The van der Waals surface area contributed by atoms with Crippen molar-refractivity contribution < 1.29 is 0 Å². The van der Waals surface area contributed by atoms with Gasteiger partial charge in [0.05, 0.1) is 11.0 Å². The van der Waals surface area contributed by atoms with Crippen molar-refractivity contribution in [1.29, 1.82) is 0 Å². The second-order valence-corrected chi connectivity index (χ2v) is 6.66. The molecule has 0 atom stereocenters. The van der Waals surface area contributed by atoms with Gasteiger partial charge in [-0.1, -0.05) is 24.9 Å². The molecule has 3 rings (SSSR count). The lowest BCUT2D eigenvalue weighted by Gasteiger charge is -2.39. The van der Waals surface area contributed by atoms with E-state index in [1.165, 1.54) is 24.8 Å². The summed E-state index contributed by atoms with van der Waals surface area (Å²) in [6.07, 6.45) is 4.77. The van der Waals surface area contributed by atoms with E-state index in [1.54, 1.807) is 0 Å². The molecule has 1 aromatic heterocycles. The zero-order valence-corrected chi connectivity index (χ0v) is 12.6. The van der Waals surface area contributed by atoms with Crippen molar-refractivity contribution in [3.8, 4) is 0 Å². The van der Waals surface area contributed by atoms with Crippen LogP contribution in [0, 0.1) is 5.41 Å². The monoisotopic (exact) mass is 296 g/mol. The molecule has 2 aromatic rings. The first-order valence-electron chi connectivity index (χ1n) is 6.82. The number of rotatable bonds is 4. The SMILES string of the molecule is CC1(Cn2c(CCCl)nc3cc(Cl)ccc32)CCC1. The summed E-state index contributed by atoms with van der Waals surface area (Å²) in [5, 5.41) is 0.740. The summed E-state index contributed by atoms with van der Waals surface area (Å²) in [5.41, 5.74) is 2.59. The van der Waals surface area contributed by atoms with Crippen molar-refractivity contribution in [2.75, 3.05) is 5.88 Å². The number of imidazole rings is 1. The number of halogens is 2. The van der Waals surface area contributed by atoms with Gasteiger partial charge in [0, 0.05) is 23.9 Å². The summed E-state index contributed by atoms with van der Waals surface area (Å²) < 4.78 is 2.34. The van der Waals surface area contributed by atoms with Gasteiger partial charge in [-0.25, -0.2) is 4.98 Å². The third-order valence-corrected chi connectivity index (χ3v) is 4.63. The van der Waals surface area contributed by atoms with Gasteiger partial charge in [-0.2, -0.15) is 0 Å². The summed E-state index contributed by atoms with van der Waals surface area (Å²) in [7, 11) is 0. The lowest BCUT2D eigenvalue weighted by molar-refractivity contribution is 0.132. The smallest absolute Gasteiger partial charge is 0.111 e. The van der Waals surface area contributed by atoms with E-state index in [9.17, 15) is 0 Å². The van der Waals surface area contributed by atoms with E-state index < -0.39 is 0 Å². The van der Waals surface area contributed by atoms with Crippen LogP contribution in [0.4, 0.5) is 0 Å². The van der Waals surface area contributed by atoms with Crippen molar-refractivity contribution in [2.45, 2.75) is 39.2 Å². The highest BCUT2D eigenvalue weighted by atomic mass is 35.5. The van der Waals surface area contributed by atoms with Gasteiger partial charge < -0.3 is 4.57 Å². The molecule has 1 fully saturated rings. The summed E-state index contributed by atoms with van der Waals surface area (Å²) in [6.45, 7) is 3.40. The second-order valence-electron chi connectivity index (χ2n) is 5.85. The third kappa shape index (κ3) is 2.48. The van der Waals surface area contributed by atoms with Crippen LogP contribution in [0.15, 0.2) is 18.2 Å². The lowest BCUT2D eigenvalue weighted by atomic mass is 9.70. The second kappa shape index (κ2) is 4.99. The maximum absolute atomic E-state index is 6.05. The molecule has 4 heteroatoms. The molecule has 1 aromatic carbocycles. The highest BCUT2D eigenvalue weighted by molar-refractivity contribution is 6.31. The molecule has 0 saturated heterocycles. The molecule has 0 N–H and O–H groups in total. The average Bonchev–Trinajstić information content (AvgIpc) is 2.65. The Morgan fingerprint density at radius 3 is 2.79 bits per heavy atom. The number of fused-ring (bicyclic) bond motifs is 1. The number of nitrogens with zero attached hydrogens (tertiary/aromatic N) is 2. The molecule has 2 nitrogen and oxygen atoms in total. The summed E-state index contributed by atoms with van der Waals surface area (Å²) in [4.78, 5) is 4.70. The van der Waals surface area contributed by atoms with Gasteiger partial charge in [-0.05, 0) is 36.5 Å². The highest BCUT2D eigenvalue weighted by Gasteiger charge is 2.33. The Morgan fingerprint density at radius 1 is 1.37 bits per heavy atom. The minimum atomic E-state index is 0.425. The van der Waals surface area contributed by atoms with Crippen molar-refractivity contribution in [2.24, 2.45) is 5.41 Å². The molecule has 102 valence electrons. The molecular weight excluding hydrogens is 279 g/mol. The normalized spacial score (nSPS) is 17.6. The first kappa shape index (κ1) is 13.3. The Morgan fingerprint density at radius 2 is 2.16 bits per heavy atom. The van der Waals surface area contributed by atoms with Crippen LogP contribution < -0.4 is 0 Å². The summed E-state index contributed by atoms with van der Waals surface area (Å²) in [5.74, 6) is 1.69. The molecule has 19 heavy (non-hydrogen) atoms. The van der Waals surface area contributed by atoms with Crippen LogP contribution in [0.5, 0.6) is 0 Å². The standard InChI is InChI=1S/C15H18Cl2N2/c1-15(6-2-7-15)10-19-13-4-3-11(17)9-12(13)18-14(19)5-8-16/h3-4,9H,2,5-8,10H2,1H3. The van der Waals surface area contributed by atoms with E-state index >= 15 is 0 Å². The Hall–Kier alpha value is -0.730. The van der Waals surface area contributed by atoms with E-state index in [0.29, 0.717) is 11.3 Å². The number of aryl methyl sites for hydroxylation is 1. The van der Waals surface area contributed by atoms with Crippen LogP contribution in [0.1, 0.15) is 32.0 Å². The fourth-order valence-corrected chi connectivity index (χ4v) is 3.26. The molecule has 1 aliphatic rings. The van der Waals surface area contributed by atoms with Crippen LogP contribution in [0.3, 0.4) is 0 Å². The maximum atomic E-state index is 6.05. The molecule has 0 amide bonds. The highest BCUT2D eigenvalue weighted by Crippen LogP contribution is 2.42.